The van der Waals surface area contributed by atoms with Crippen LogP contribution >= 0.6 is 15.9 Å². The van der Waals surface area contributed by atoms with E-state index in [-0.39, 0.29) is 0 Å². The van der Waals surface area contributed by atoms with Gasteiger partial charge in [-0.25, -0.2) is 0 Å². The van der Waals surface area contributed by atoms with Crippen molar-refractivity contribution in [3.05, 3.63) is 23.8 Å². The number of benzene rings is 1. The molecule has 0 N–H and O–H groups in total. The molecular weight excluding hydrogens is 376 g/mol. The van der Waals surface area contributed by atoms with Gasteiger partial charge in [-0.15, -0.1) is 0 Å². The first-order chi connectivity index (χ1) is 11.8. The van der Waals surface area contributed by atoms with E-state index < -0.39 is 0 Å². The van der Waals surface area contributed by atoms with Crippen LogP contribution in [0.15, 0.2) is 18.2 Å². The van der Waals surface area contributed by atoms with Crippen LogP contribution in [0.3, 0.4) is 0 Å². The first-order valence-electron chi connectivity index (χ1n) is 8.40. The fraction of sp³-hybridized carbons (Fsp3) is 0.667. The first-order valence-corrected chi connectivity index (χ1v) is 9.52. The Balaban J connectivity index is 2.24. The Morgan fingerprint density at radius 3 is 1.96 bits per heavy atom. The maximum Gasteiger partial charge on any atom is 0.123 e. The topological polar surface area (TPSA) is 46.2 Å². The van der Waals surface area contributed by atoms with Crippen molar-refractivity contribution in [1.29, 1.82) is 0 Å². The van der Waals surface area contributed by atoms with Crippen molar-refractivity contribution >= 4 is 15.9 Å². The number of methoxy groups -OCH3 is 1. The van der Waals surface area contributed by atoms with Gasteiger partial charge in [-0.05, 0) is 24.1 Å². The molecule has 0 unspecified atom stereocenters. The van der Waals surface area contributed by atoms with Crippen molar-refractivity contribution < 1.29 is 23.7 Å². The van der Waals surface area contributed by atoms with Gasteiger partial charge in [0.25, 0.3) is 0 Å². The smallest absolute Gasteiger partial charge is 0.123 e. The van der Waals surface area contributed by atoms with Gasteiger partial charge in [0, 0.05) is 18.5 Å². The molecule has 0 saturated carbocycles. The van der Waals surface area contributed by atoms with Gasteiger partial charge >= 0.3 is 0 Å². The number of hydrogen-bond acceptors (Lipinski definition) is 5. The summed E-state index contributed by atoms with van der Waals surface area (Å²) in [6.07, 6.45) is 2.17. The maximum atomic E-state index is 5.76. The Morgan fingerprint density at radius 1 is 0.792 bits per heavy atom. The van der Waals surface area contributed by atoms with Crippen molar-refractivity contribution in [2.45, 2.75) is 25.1 Å². The lowest BCUT2D eigenvalue weighted by Gasteiger charge is -2.12. The standard InChI is InChI=1S/C18H29BrO5/c1-3-4-5-23-17-12-16(15-19)13-18(14-17)24-11-10-22-9-8-21-7-6-20-2/h12-14H,3-11,15H2,1-2H3. The second-order valence-corrected chi connectivity index (χ2v) is 5.78. The van der Waals surface area contributed by atoms with Crippen molar-refractivity contribution in [2.24, 2.45) is 0 Å². The molecule has 0 radical (unpaired) electrons. The lowest BCUT2D eigenvalue weighted by atomic mass is 10.2. The lowest BCUT2D eigenvalue weighted by Crippen LogP contribution is -2.12. The van der Waals surface area contributed by atoms with E-state index in [0.29, 0.717) is 39.6 Å². The second-order valence-electron chi connectivity index (χ2n) is 5.21. The molecule has 1 rings (SSSR count). The summed E-state index contributed by atoms with van der Waals surface area (Å²) in [7, 11) is 1.65. The molecule has 0 aliphatic carbocycles. The molecule has 0 fully saturated rings. The van der Waals surface area contributed by atoms with Crippen LogP contribution in [-0.4, -0.2) is 53.4 Å². The van der Waals surface area contributed by atoms with Crippen LogP contribution < -0.4 is 9.47 Å². The quantitative estimate of drug-likeness (QED) is 0.328. The molecule has 24 heavy (non-hydrogen) atoms. The number of unbranched alkanes of at least 4 members (excludes halogenated alkanes) is 1. The minimum Gasteiger partial charge on any atom is -0.493 e. The summed E-state index contributed by atoms with van der Waals surface area (Å²) in [5.74, 6) is 1.65. The predicted molar refractivity (Wildman–Crippen MR) is 98.5 cm³/mol. The summed E-state index contributed by atoms with van der Waals surface area (Å²) in [6, 6.07) is 5.97. The fourth-order valence-corrected chi connectivity index (χ4v) is 2.22. The highest BCUT2D eigenvalue weighted by atomic mass is 79.9. The van der Waals surface area contributed by atoms with Crippen molar-refractivity contribution in [3.63, 3.8) is 0 Å². The minimum absolute atomic E-state index is 0.498. The summed E-state index contributed by atoms with van der Waals surface area (Å²) >= 11 is 3.48. The first kappa shape index (κ1) is 21.2. The minimum atomic E-state index is 0.498. The molecule has 0 aromatic heterocycles. The number of alkyl halides is 1. The van der Waals surface area contributed by atoms with Crippen molar-refractivity contribution in [1.82, 2.24) is 0 Å². The number of ether oxygens (including phenoxy) is 5. The summed E-state index contributed by atoms with van der Waals surface area (Å²) in [6.45, 7) is 6.23. The molecule has 5 nitrogen and oxygen atoms in total. The molecular formula is C18H29BrO5. The number of rotatable bonds is 15. The van der Waals surface area contributed by atoms with E-state index in [1.165, 1.54) is 0 Å². The third kappa shape index (κ3) is 10.1. The third-order valence-electron chi connectivity index (χ3n) is 3.16. The Labute approximate surface area is 153 Å². The van der Waals surface area contributed by atoms with Crippen LogP contribution in [0.25, 0.3) is 0 Å². The van der Waals surface area contributed by atoms with E-state index in [4.69, 9.17) is 23.7 Å². The van der Waals surface area contributed by atoms with Crippen LogP contribution in [0.4, 0.5) is 0 Å². The summed E-state index contributed by atoms with van der Waals surface area (Å²) < 4.78 is 27.2. The van der Waals surface area contributed by atoms with E-state index in [1.54, 1.807) is 7.11 Å². The van der Waals surface area contributed by atoms with Crippen LogP contribution in [0.1, 0.15) is 25.3 Å². The molecule has 0 heterocycles. The molecule has 1 aromatic carbocycles. The van der Waals surface area contributed by atoms with Gasteiger partial charge in [0.15, 0.2) is 0 Å². The Kier molecular flexibility index (Phi) is 12.8. The van der Waals surface area contributed by atoms with Gasteiger partial charge in [0.05, 0.1) is 39.6 Å². The fourth-order valence-electron chi connectivity index (χ4n) is 1.89. The highest BCUT2D eigenvalue weighted by molar-refractivity contribution is 9.08. The zero-order chi connectivity index (χ0) is 17.5. The SMILES string of the molecule is CCCCOc1cc(CBr)cc(OCCOCCOCCOC)c1. The Hall–Kier alpha value is -0.820. The van der Waals surface area contributed by atoms with Crippen molar-refractivity contribution in [2.75, 3.05) is 53.4 Å². The Bertz CT molecular complexity index is 428. The molecule has 0 amide bonds. The van der Waals surface area contributed by atoms with Crippen LogP contribution in [0.2, 0.25) is 0 Å². The normalized spacial score (nSPS) is 10.8. The molecule has 0 saturated heterocycles. The number of halogens is 1. The summed E-state index contributed by atoms with van der Waals surface area (Å²) in [4.78, 5) is 0. The highest BCUT2D eigenvalue weighted by Crippen LogP contribution is 2.24. The van der Waals surface area contributed by atoms with E-state index >= 15 is 0 Å². The third-order valence-corrected chi connectivity index (χ3v) is 3.81. The van der Waals surface area contributed by atoms with Crippen LogP contribution in [0, 0.1) is 0 Å². The zero-order valence-corrected chi connectivity index (χ0v) is 16.3. The monoisotopic (exact) mass is 404 g/mol. The molecule has 0 aliphatic heterocycles. The van der Waals surface area contributed by atoms with E-state index in [1.807, 2.05) is 18.2 Å². The molecule has 0 aliphatic rings. The summed E-state index contributed by atoms with van der Waals surface area (Å²) in [5.41, 5.74) is 1.13. The molecule has 6 heteroatoms. The van der Waals surface area contributed by atoms with Gasteiger partial charge in [-0.3, -0.25) is 0 Å². The molecule has 138 valence electrons. The van der Waals surface area contributed by atoms with Crippen molar-refractivity contribution in [3.8, 4) is 11.5 Å². The van der Waals surface area contributed by atoms with Gasteiger partial charge < -0.3 is 23.7 Å². The highest BCUT2D eigenvalue weighted by Gasteiger charge is 2.03. The second kappa shape index (κ2) is 14.5. The molecule has 1 aromatic rings. The average molecular weight is 405 g/mol. The largest absolute Gasteiger partial charge is 0.493 e. The average Bonchev–Trinajstić information content (AvgIpc) is 2.60. The number of hydrogen-bond donors (Lipinski definition) is 0. The Morgan fingerprint density at radius 2 is 1.38 bits per heavy atom. The molecule has 0 atom stereocenters. The predicted octanol–water partition coefficient (Wildman–Crippen LogP) is 3.82. The van der Waals surface area contributed by atoms with E-state index in [9.17, 15) is 0 Å². The molecule has 0 bridgehead atoms. The van der Waals surface area contributed by atoms with Crippen LogP contribution in [-0.2, 0) is 19.5 Å². The van der Waals surface area contributed by atoms with Gasteiger partial charge in [-0.2, -0.15) is 0 Å². The summed E-state index contributed by atoms with van der Waals surface area (Å²) in [5, 5.41) is 0.768. The van der Waals surface area contributed by atoms with E-state index in [2.05, 4.69) is 22.9 Å². The van der Waals surface area contributed by atoms with Gasteiger partial charge in [-0.1, -0.05) is 29.3 Å². The van der Waals surface area contributed by atoms with Gasteiger partial charge in [0.1, 0.15) is 18.1 Å². The molecule has 0 spiro atoms. The lowest BCUT2D eigenvalue weighted by molar-refractivity contribution is 0.0179. The van der Waals surface area contributed by atoms with Gasteiger partial charge in [0.2, 0.25) is 0 Å². The zero-order valence-electron chi connectivity index (χ0n) is 14.7. The maximum absolute atomic E-state index is 5.76. The van der Waals surface area contributed by atoms with Crippen LogP contribution in [0.5, 0.6) is 11.5 Å². The van der Waals surface area contributed by atoms with E-state index in [0.717, 1.165) is 41.8 Å².